The summed E-state index contributed by atoms with van der Waals surface area (Å²) in [5.74, 6) is -0.864. The van der Waals surface area contributed by atoms with E-state index >= 15 is 0 Å². The molecule has 0 saturated carbocycles. The van der Waals surface area contributed by atoms with Crippen molar-refractivity contribution >= 4 is 40.7 Å². The minimum absolute atomic E-state index is 0.0184. The summed E-state index contributed by atoms with van der Waals surface area (Å²) in [6.45, 7) is 2.81. The van der Waals surface area contributed by atoms with Crippen LogP contribution in [0.4, 0.5) is 0 Å². The Balaban J connectivity index is 1.85. The molecule has 2 atom stereocenters. The second-order valence-corrected chi connectivity index (χ2v) is 9.26. The molecule has 2 aliphatic rings. The lowest BCUT2D eigenvalue weighted by atomic mass is 9.94. The van der Waals surface area contributed by atoms with Gasteiger partial charge in [-0.2, -0.15) is 0 Å². The van der Waals surface area contributed by atoms with E-state index in [2.05, 4.69) is 0 Å². The SMILES string of the molecule is CC1Cc2cc(/C(O)=C3\C(=O)C(=O)N(CCN(C)C)C3c3ccc(Cl)cc3Cl)ccc2O1. The fourth-order valence-corrected chi connectivity index (χ4v) is 4.70. The van der Waals surface area contributed by atoms with Crippen LogP contribution in [0, 0.1) is 0 Å². The van der Waals surface area contributed by atoms with Gasteiger partial charge in [-0.1, -0.05) is 29.3 Å². The van der Waals surface area contributed by atoms with Crippen molar-refractivity contribution in [2.75, 3.05) is 27.2 Å². The Labute approximate surface area is 197 Å². The lowest BCUT2D eigenvalue weighted by molar-refractivity contribution is -0.140. The molecular weight excluding hydrogens is 451 g/mol. The van der Waals surface area contributed by atoms with E-state index in [-0.39, 0.29) is 17.4 Å². The minimum Gasteiger partial charge on any atom is -0.507 e. The van der Waals surface area contributed by atoms with Crippen LogP contribution in [0.15, 0.2) is 42.0 Å². The Hall–Kier alpha value is -2.54. The zero-order chi connectivity index (χ0) is 23.2. The molecule has 2 aromatic carbocycles. The van der Waals surface area contributed by atoms with E-state index in [4.69, 9.17) is 27.9 Å². The number of carbonyl (C=O) groups excluding carboxylic acids is 2. The summed E-state index contributed by atoms with van der Waals surface area (Å²) in [5.41, 5.74) is 1.96. The fraction of sp³-hybridized carbons (Fsp3) is 0.333. The molecule has 32 heavy (non-hydrogen) atoms. The number of likely N-dealkylation sites (N-methyl/N-ethyl adjacent to an activating group) is 1. The lowest BCUT2D eigenvalue weighted by Crippen LogP contribution is -2.35. The van der Waals surface area contributed by atoms with E-state index in [9.17, 15) is 14.7 Å². The van der Waals surface area contributed by atoms with Gasteiger partial charge in [0.1, 0.15) is 17.6 Å². The van der Waals surface area contributed by atoms with Gasteiger partial charge >= 0.3 is 0 Å². The Morgan fingerprint density at radius 2 is 1.94 bits per heavy atom. The van der Waals surface area contributed by atoms with Crippen molar-refractivity contribution in [2.24, 2.45) is 0 Å². The van der Waals surface area contributed by atoms with E-state index < -0.39 is 17.7 Å². The van der Waals surface area contributed by atoms with Gasteiger partial charge in [-0.3, -0.25) is 9.59 Å². The number of aliphatic hydroxyl groups is 1. The molecule has 1 saturated heterocycles. The molecule has 8 heteroatoms. The topological polar surface area (TPSA) is 70.1 Å². The molecule has 0 aliphatic carbocycles. The number of hydrogen-bond acceptors (Lipinski definition) is 5. The van der Waals surface area contributed by atoms with Gasteiger partial charge in [-0.25, -0.2) is 0 Å². The molecule has 2 unspecified atom stereocenters. The summed E-state index contributed by atoms with van der Waals surface area (Å²) in [5, 5.41) is 12.0. The zero-order valence-electron chi connectivity index (χ0n) is 18.1. The number of fused-ring (bicyclic) bond motifs is 1. The number of carbonyl (C=O) groups is 2. The normalized spacial score (nSPS) is 21.9. The zero-order valence-corrected chi connectivity index (χ0v) is 19.6. The summed E-state index contributed by atoms with van der Waals surface area (Å²) in [6.07, 6.45) is 0.756. The fourth-order valence-electron chi connectivity index (χ4n) is 4.19. The Morgan fingerprint density at radius 1 is 1.19 bits per heavy atom. The maximum atomic E-state index is 13.1. The summed E-state index contributed by atoms with van der Waals surface area (Å²) in [6, 6.07) is 9.38. The van der Waals surface area contributed by atoms with Crippen molar-refractivity contribution in [3.05, 3.63) is 68.7 Å². The van der Waals surface area contributed by atoms with Gasteiger partial charge < -0.3 is 19.6 Å². The van der Waals surface area contributed by atoms with Crippen LogP contribution in [0.1, 0.15) is 29.7 Å². The van der Waals surface area contributed by atoms with Gasteiger partial charge in [-0.05, 0) is 62.5 Å². The van der Waals surface area contributed by atoms with E-state index in [1.165, 1.54) is 4.90 Å². The van der Waals surface area contributed by atoms with Crippen LogP contribution in [-0.2, 0) is 16.0 Å². The third-order valence-electron chi connectivity index (χ3n) is 5.75. The highest BCUT2D eigenvalue weighted by atomic mass is 35.5. The number of ether oxygens (including phenoxy) is 1. The maximum Gasteiger partial charge on any atom is 0.295 e. The molecule has 1 fully saturated rings. The van der Waals surface area contributed by atoms with E-state index in [0.29, 0.717) is 40.7 Å². The number of aliphatic hydroxyl groups excluding tert-OH is 1. The predicted octanol–water partition coefficient (Wildman–Crippen LogP) is 4.30. The molecule has 0 bridgehead atoms. The van der Waals surface area contributed by atoms with Crippen LogP contribution in [0.5, 0.6) is 5.75 Å². The summed E-state index contributed by atoms with van der Waals surface area (Å²) in [4.78, 5) is 29.5. The monoisotopic (exact) mass is 474 g/mol. The standard InChI is InChI=1S/C24H24Cl2N2O4/c1-13-10-15-11-14(4-7-19(15)32-13)22(29)20-21(17-6-5-16(25)12-18(17)26)28(9-8-27(2)3)24(31)23(20)30/h4-7,11-13,21,29H,8-10H2,1-3H3/b22-20+. The first kappa shape index (κ1) is 22.6. The van der Waals surface area contributed by atoms with Gasteiger partial charge in [0, 0.05) is 35.1 Å². The molecule has 2 aromatic rings. The first-order valence-corrected chi connectivity index (χ1v) is 11.1. The number of ketones is 1. The Kier molecular flexibility index (Phi) is 6.21. The third kappa shape index (κ3) is 4.10. The number of rotatable bonds is 5. The van der Waals surface area contributed by atoms with Gasteiger partial charge in [0.15, 0.2) is 0 Å². The maximum absolute atomic E-state index is 13.1. The van der Waals surface area contributed by atoms with E-state index in [1.807, 2.05) is 32.0 Å². The minimum atomic E-state index is -0.817. The van der Waals surface area contributed by atoms with Crippen LogP contribution in [0.2, 0.25) is 10.0 Å². The Bertz CT molecular complexity index is 1130. The smallest absolute Gasteiger partial charge is 0.295 e. The average Bonchev–Trinajstić information content (AvgIpc) is 3.22. The van der Waals surface area contributed by atoms with Crippen LogP contribution >= 0.6 is 23.2 Å². The van der Waals surface area contributed by atoms with E-state index in [0.717, 1.165) is 11.3 Å². The largest absolute Gasteiger partial charge is 0.507 e. The molecule has 2 heterocycles. The van der Waals surface area contributed by atoms with Crippen molar-refractivity contribution < 1.29 is 19.4 Å². The number of Topliss-reactive ketones (excluding diaryl/α,β-unsaturated/α-hetero) is 1. The number of halogens is 2. The number of amides is 1. The predicted molar refractivity (Wildman–Crippen MR) is 124 cm³/mol. The number of nitrogens with zero attached hydrogens (tertiary/aromatic N) is 2. The molecule has 0 radical (unpaired) electrons. The first-order valence-electron chi connectivity index (χ1n) is 10.4. The highest BCUT2D eigenvalue weighted by Crippen LogP contribution is 2.43. The molecule has 1 N–H and O–H groups in total. The van der Waals surface area contributed by atoms with Gasteiger partial charge in [0.25, 0.3) is 11.7 Å². The second-order valence-electron chi connectivity index (χ2n) is 8.42. The summed E-state index contributed by atoms with van der Waals surface area (Å²) >= 11 is 12.5. The molecule has 4 rings (SSSR count). The molecule has 2 aliphatic heterocycles. The first-order chi connectivity index (χ1) is 15.2. The average molecular weight is 475 g/mol. The molecule has 1 amide bonds. The molecule has 0 spiro atoms. The molecule has 0 aromatic heterocycles. The number of benzene rings is 2. The highest BCUT2D eigenvalue weighted by molar-refractivity contribution is 6.47. The van der Waals surface area contributed by atoms with Crippen molar-refractivity contribution in [2.45, 2.75) is 25.5 Å². The van der Waals surface area contributed by atoms with Gasteiger partial charge in [0.05, 0.1) is 11.6 Å². The van der Waals surface area contributed by atoms with Gasteiger partial charge in [0.2, 0.25) is 0 Å². The number of hydrogen-bond donors (Lipinski definition) is 1. The molecular formula is C24H24Cl2N2O4. The quantitative estimate of drug-likeness (QED) is 0.397. The summed E-state index contributed by atoms with van der Waals surface area (Å²) in [7, 11) is 3.77. The lowest BCUT2D eigenvalue weighted by Gasteiger charge is -2.27. The van der Waals surface area contributed by atoms with E-state index in [1.54, 1.807) is 30.3 Å². The van der Waals surface area contributed by atoms with Crippen molar-refractivity contribution in [1.82, 2.24) is 9.80 Å². The van der Waals surface area contributed by atoms with Crippen LogP contribution in [0.25, 0.3) is 5.76 Å². The highest BCUT2D eigenvalue weighted by Gasteiger charge is 2.46. The van der Waals surface area contributed by atoms with Crippen molar-refractivity contribution in [3.63, 3.8) is 0 Å². The van der Waals surface area contributed by atoms with Crippen LogP contribution in [-0.4, -0.2) is 59.9 Å². The van der Waals surface area contributed by atoms with Crippen LogP contribution < -0.4 is 4.74 Å². The number of likely N-dealkylation sites (tertiary alicyclic amines) is 1. The molecule has 6 nitrogen and oxygen atoms in total. The van der Waals surface area contributed by atoms with Crippen molar-refractivity contribution in [3.8, 4) is 5.75 Å². The summed E-state index contributed by atoms with van der Waals surface area (Å²) < 4.78 is 5.73. The third-order valence-corrected chi connectivity index (χ3v) is 6.32. The second kappa shape index (κ2) is 8.77. The molecule has 168 valence electrons. The van der Waals surface area contributed by atoms with Crippen molar-refractivity contribution in [1.29, 1.82) is 0 Å². The Morgan fingerprint density at radius 3 is 2.62 bits per heavy atom. The van der Waals surface area contributed by atoms with Gasteiger partial charge in [-0.15, -0.1) is 0 Å². The van der Waals surface area contributed by atoms with Crippen LogP contribution in [0.3, 0.4) is 0 Å².